The Morgan fingerprint density at radius 2 is 2.00 bits per heavy atom. The maximum absolute atomic E-state index is 12.6. The third-order valence-corrected chi connectivity index (χ3v) is 5.25. The second kappa shape index (κ2) is 8.02. The van der Waals surface area contributed by atoms with Crippen LogP contribution in [0, 0.1) is 12.8 Å². The number of likely N-dealkylation sites (tertiary alicyclic amines) is 1. The van der Waals surface area contributed by atoms with Gasteiger partial charge in [0.2, 0.25) is 12.7 Å². The van der Waals surface area contributed by atoms with Crippen LogP contribution in [-0.4, -0.2) is 53.7 Å². The number of amides is 2. The lowest BCUT2D eigenvalue weighted by Gasteiger charge is -2.31. The summed E-state index contributed by atoms with van der Waals surface area (Å²) in [5.74, 6) is 2.12. The third-order valence-electron chi connectivity index (χ3n) is 5.25. The molecule has 0 spiro atoms. The predicted octanol–water partition coefficient (Wildman–Crippen LogP) is 2.34. The molecule has 2 amide bonds. The van der Waals surface area contributed by atoms with Gasteiger partial charge in [-0.3, -0.25) is 9.59 Å². The topological polar surface area (TPSA) is 106 Å². The van der Waals surface area contributed by atoms with Crippen LogP contribution in [0.15, 0.2) is 18.3 Å². The van der Waals surface area contributed by atoms with E-state index in [2.05, 4.69) is 15.3 Å². The van der Waals surface area contributed by atoms with E-state index >= 15 is 0 Å². The summed E-state index contributed by atoms with van der Waals surface area (Å²) in [6.07, 6.45) is 3.66. The number of fused-ring (bicyclic) bond motifs is 1. The molecule has 3 heterocycles. The zero-order valence-electron chi connectivity index (χ0n) is 16.5. The van der Waals surface area contributed by atoms with E-state index in [4.69, 9.17) is 14.2 Å². The van der Waals surface area contributed by atoms with Gasteiger partial charge in [-0.25, -0.2) is 4.98 Å². The molecule has 2 aliphatic heterocycles. The second-order valence-electron chi connectivity index (χ2n) is 7.28. The number of carbonyl (C=O) groups excluding carboxylic acids is 2. The number of aryl methyl sites for hydroxylation is 1. The van der Waals surface area contributed by atoms with Crippen molar-refractivity contribution in [3.05, 3.63) is 29.8 Å². The highest BCUT2D eigenvalue weighted by atomic mass is 16.7. The molecule has 0 radical (unpaired) electrons. The summed E-state index contributed by atoms with van der Waals surface area (Å²) in [6.45, 7) is 3.23. The average molecular weight is 400 g/mol. The van der Waals surface area contributed by atoms with E-state index in [0.717, 1.165) is 18.5 Å². The highest BCUT2D eigenvalue weighted by Crippen LogP contribution is 2.40. The molecule has 1 aromatic heterocycles. The summed E-state index contributed by atoms with van der Waals surface area (Å²) >= 11 is 0. The molecule has 0 atom stereocenters. The van der Waals surface area contributed by atoms with E-state index < -0.39 is 0 Å². The zero-order valence-corrected chi connectivity index (χ0v) is 16.5. The molecule has 9 nitrogen and oxygen atoms in total. The van der Waals surface area contributed by atoms with Gasteiger partial charge in [0, 0.05) is 37.8 Å². The van der Waals surface area contributed by atoms with Crippen LogP contribution < -0.4 is 19.5 Å². The molecule has 4 rings (SSSR count). The number of rotatable bonds is 5. The first-order chi connectivity index (χ1) is 14.0. The van der Waals surface area contributed by atoms with E-state index in [-0.39, 0.29) is 24.5 Å². The fourth-order valence-electron chi connectivity index (χ4n) is 3.67. The molecule has 2 aliphatic rings. The molecule has 154 valence electrons. The number of piperidine rings is 1. The molecular weight excluding hydrogens is 376 g/mol. The molecule has 9 heteroatoms. The quantitative estimate of drug-likeness (QED) is 0.798. The SMILES string of the molecule is COc1cc2c(cc1NC(=O)CC1CCN(C(=O)c3nc(C)c[nH]3)CC1)OCO2. The summed E-state index contributed by atoms with van der Waals surface area (Å²) in [5.41, 5.74) is 1.35. The van der Waals surface area contributed by atoms with Gasteiger partial charge in [-0.1, -0.05) is 0 Å². The van der Waals surface area contributed by atoms with Crippen molar-refractivity contribution in [2.24, 2.45) is 5.92 Å². The lowest BCUT2D eigenvalue weighted by Crippen LogP contribution is -2.39. The Bertz CT molecular complexity index is 918. The standard InChI is InChI=1S/C20H24N4O5/c1-12-10-21-19(22-12)20(26)24-5-3-13(4-6-24)7-18(25)23-14-8-16-17(29-11-28-16)9-15(14)27-2/h8-10,13H,3-7,11H2,1-2H3,(H,21,22)(H,23,25). The van der Waals surface area contributed by atoms with Crippen LogP contribution in [-0.2, 0) is 4.79 Å². The number of benzene rings is 1. The fraction of sp³-hybridized carbons (Fsp3) is 0.450. The first kappa shape index (κ1) is 19.1. The number of ether oxygens (including phenoxy) is 3. The molecule has 0 unspecified atom stereocenters. The van der Waals surface area contributed by atoms with Crippen molar-refractivity contribution >= 4 is 17.5 Å². The number of anilines is 1. The number of imidazole rings is 1. The summed E-state index contributed by atoms with van der Waals surface area (Å²) < 4.78 is 16.0. The van der Waals surface area contributed by atoms with E-state index in [9.17, 15) is 9.59 Å². The Hall–Kier alpha value is -3.23. The van der Waals surface area contributed by atoms with Gasteiger partial charge in [-0.2, -0.15) is 0 Å². The number of carbonyl (C=O) groups is 2. The molecule has 1 fully saturated rings. The van der Waals surface area contributed by atoms with Gasteiger partial charge >= 0.3 is 0 Å². The largest absolute Gasteiger partial charge is 0.494 e. The van der Waals surface area contributed by atoms with Crippen molar-refractivity contribution in [2.45, 2.75) is 26.2 Å². The number of hydrogen-bond donors (Lipinski definition) is 2. The maximum atomic E-state index is 12.6. The molecule has 0 saturated carbocycles. The van der Waals surface area contributed by atoms with Crippen LogP contribution in [0.1, 0.15) is 35.6 Å². The summed E-state index contributed by atoms with van der Waals surface area (Å²) in [5, 5.41) is 2.91. The monoisotopic (exact) mass is 400 g/mol. The Balaban J connectivity index is 1.31. The molecule has 0 bridgehead atoms. The summed E-state index contributed by atoms with van der Waals surface area (Å²) in [6, 6.07) is 3.42. The number of nitrogens with one attached hydrogen (secondary N) is 2. The van der Waals surface area contributed by atoms with Crippen LogP contribution in [0.3, 0.4) is 0 Å². The van der Waals surface area contributed by atoms with Crippen molar-refractivity contribution in [1.29, 1.82) is 0 Å². The zero-order chi connectivity index (χ0) is 20.4. The van der Waals surface area contributed by atoms with Crippen molar-refractivity contribution in [3.8, 4) is 17.2 Å². The van der Waals surface area contributed by atoms with Gasteiger partial charge in [-0.15, -0.1) is 0 Å². The van der Waals surface area contributed by atoms with Gasteiger partial charge in [0.1, 0.15) is 5.75 Å². The number of aromatic amines is 1. The van der Waals surface area contributed by atoms with Crippen molar-refractivity contribution in [2.75, 3.05) is 32.3 Å². The molecule has 0 aliphatic carbocycles. The number of aromatic nitrogens is 2. The van der Waals surface area contributed by atoms with E-state index in [1.165, 1.54) is 0 Å². The van der Waals surface area contributed by atoms with Gasteiger partial charge < -0.3 is 29.4 Å². The minimum Gasteiger partial charge on any atom is -0.494 e. The summed E-state index contributed by atoms with van der Waals surface area (Å²) in [7, 11) is 1.54. The van der Waals surface area contributed by atoms with Crippen LogP contribution in [0.5, 0.6) is 17.2 Å². The van der Waals surface area contributed by atoms with Crippen LogP contribution in [0.4, 0.5) is 5.69 Å². The van der Waals surface area contributed by atoms with Crippen LogP contribution in [0.25, 0.3) is 0 Å². The Morgan fingerprint density at radius 1 is 1.28 bits per heavy atom. The summed E-state index contributed by atoms with van der Waals surface area (Å²) in [4.78, 5) is 33.9. The van der Waals surface area contributed by atoms with Gasteiger partial charge in [-0.05, 0) is 25.7 Å². The van der Waals surface area contributed by atoms with Crippen molar-refractivity contribution < 1.29 is 23.8 Å². The van der Waals surface area contributed by atoms with Gasteiger partial charge in [0.25, 0.3) is 5.91 Å². The van der Waals surface area contributed by atoms with Crippen molar-refractivity contribution in [3.63, 3.8) is 0 Å². The van der Waals surface area contributed by atoms with Crippen LogP contribution >= 0.6 is 0 Å². The van der Waals surface area contributed by atoms with Gasteiger partial charge in [0.05, 0.1) is 18.5 Å². The second-order valence-corrected chi connectivity index (χ2v) is 7.28. The number of methoxy groups -OCH3 is 1. The minimum absolute atomic E-state index is 0.0893. The minimum atomic E-state index is -0.0916. The molecule has 2 aromatic rings. The average Bonchev–Trinajstić information content (AvgIpc) is 3.35. The Morgan fingerprint density at radius 3 is 2.66 bits per heavy atom. The molecule has 1 saturated heterocycles. The molecule has 29 heavy (non-hydrogen) atoms. The third kappa shape index (κ3) is 4.13. The normalized spacial score (nSPS) is 16.0. The fourth-order valence-corrected chi connectivity index (χ4v) is 3.67. The molecule has 1 aromatic carbocycles. The molecular formula is C20H24N4O5. The maximum Gasteiger partial charge on any atom is 0.289 e. The first-order valence-electron chi connectivity index (χ1n) is 9.62. The lowest BCUT2D eigenvalue weighted by molar-refractivity contribution is -0.117. The van der Waals surface area contributed by atoms with E-state index in [1.807, 2.05) is 6.92 Å². The van der Waals surface area contributed by atoms with Gasteiger partial charge in [0.15, 0.2) is 17.3 Å². The van der Waals surface area contributed by atoms with Crippen molar-refractivity contribution in [1.82, 2.24) is 14.9 Å². The smallest absolute Gasteiger partial charge is 0.289 e. The predicted molar refractivity (Wildman–Crippen MR) is 104 cm³/mol. The van der Waals surface area contributed by atoms with E-state index in [1.54, 1.807) is 30.3 Å². The first-order valence-corrected chi connectivity index (χ1v) is 9.62. The lowest BCUT2D eigenvalue weighted by atomic mass is 9.93. The number of nitrogens with zero attached hydrogens (tertiary/aromatic N) is 2. The van der Waals surface area contributed by atoms with E-state index in [0.29, 0.717) is 48.3 Å². The molecule has 2 N–H and O–H groups in total. The number of H-pyrrole nitrogens is 1. The van der Waals surface area contributed by atoms with Crippen LogP contribution in [0.2, 0.25) is 0 Å². The highest BCUT2D eigenvalue weighted by Gasteiger charge is 2.27. The Labute approximate surface area is 168 Å². The Kier molecular flexibility index (Phi) is 5.28. The highest BCUT2D eigenvalue weighted by molar-refractivity contribution is 5.93. The number of hydrogen-bond acceptors (Lipinski definition) is 6.